The van der Waals surface area contributed by atoms with E-state index < -0.39 is 0 Å². The summed E-state index contributed by atoms with van der Waals surface area (Å²) in [5.74, 6) is 1.88. The summed E-state index contributed by atoms with van der Waals surface area (Å²) in [5, 5.41) is 3.25. The van der Waals surface area contributed by atoms with Crippen LogP contribution in [0.4, 0.5) is 0 Å². The molecule has 49 heavy (non-hydrogen) atoms. The molecular weight excluding hydrogens is 601 g/mol. The highest BCUT2D eigenvalue weighted by Crippen LogP contribution is 2.34. The molecule has 2 aromatic heterocycles. The van der Waals surface area contributed by atoms with Gasteiger partial charge in [-0.05, 0) is 65.1 Å². The summed E-state index contributed by atoms with van der Waals surface area (Å²) in [6.45, 7) is 2.72. The molecule has 0 amide bonds. The van der Waals surface area contributed by atoms with Crippen molar-refractivity contribution in [3.05, 3.63) is 169 Å². The third kappa shape index (κ3) is 6.53. The van der Waals surface area contributed by atoms with Crippen LogP contribution in [-0.4, -0.2) is 32.2 Å². The maximum atomic E-state index is 5.05. The van der Waals surface area contributed by atoms with Crippen LogP contribution in [0.25, 0.3) is 67.7 Å². The predicted molar refractivity (Wildman–Crippen MR) is 199 cm³/mol. The molecule has 0 atom stereocenters. The highest BCUT2D eigenvalue weighted by molar-refractivity contribution is 6.03. The fourth-order valence-corrected chi connectivity index (χ4v) is 5.98. The highest BCUT2D eigenvalue weighted by atomic mass is 15.0. The Morgan fingerprint density at radius 2 is 0.939 bits per heavy atom. The van der Waals surface area contributed by atoms with Crippen LogP contribution in [0.3, 0.4) is 0 Å². The third-order valence-electron chi connectivity index (χ3n) is 8.54. The average Bonchev–Trinajstić information content (AvgIpc) is 3.19. The van der Waals surface area contributed by atoms with Crippen LogP contribution in [0.1, 0.15) is 11.3 Å². The second-order valence-electron chi connectivity index (χ2n) is 11.9. The minimum absolute atomic E-state index is 0.613. The lowest BCUT2D eigenvalue weighted by Gasteiger charge is -2.14. The lowest BCUT2D eigenvalue weighted by Crippen LogP contribution is -2.21. The number of aliphatic imine (C=N–C) groups is 1. The van der Waals surface area contributed by atoms with Crippen molar-refractivity contribution in [2.45, 2.75) is 6.92 Å². The van der Waals surface area contributed by atoms with Gasteiger partial charge in [-0.15, -0.1) is 0 Å². The molecule has 0 spiro atoms. The molecular formula is C43H32N6. The summed E-state index contributed by atoms with van der Waals surface area (Å²) in [4.78, 5) is 24.3. The summed E-state index contributed by atoms with van der Waals surface area (Å²) in [5.41, 5.74) is 12.2. The van der Waals surface area contributed by atoms with E-state index in [0.29, 0.717) is 24.0 Å². The lowest BCUT2D eigenvalue weighted by atomic mass is 9.94. The van der Waals surface area contributed by atoms with Gasteiger partial charge in [-0.1, -0.05) is 115 Å². The molecule has 1 aliphatic heterocycles. The lowest BCUT2D eigenvalue weighted by molar-refractivity contribution is 0.988. The van der Waals surface area contributed by atoms with Gasteiger partial charge in [-0.2, -0.15) is 0 Å². The zero-order valence-corrected chi connectivity index (χ0v) is 27.0. The minimum atomic E-state index is 0.613. The van der Waals surface area contributed by atoms with Gasteiger partial charge < -0.3 is 5.32 Å². The second kappa shape index (κ2) is 13.3. The summed E-state index contributed by atoms with van der Waals surface area (Å²) in [6.07, 6.45) is 3.66. The molecule has 0 radical (unpaired) electrons. The zero-order valence-electron chi connectivity index (χ0n) is 27.0. The number of rotatable bonds is 7. The Bertz CT molecular complexity index is 2250. The fourth-order valence-electron chi connectivity index (χ4n) is 5.98. The Morgan fingerprint density at radius 1 is 0.429 bits per heavy atom. The Kier molecular flexibility index (Phi) is 8.10. The quantitative estimate of drug-likeness (QED) is 0.189. The Hall–Kier alpha value is -6.53. The molecule has 6 nitrogen and oxygen atoms in total. The van der Waals surface area contributed by atoms with Crippen molar-refractivity contribution in [2.24, 2.45) is 4.99 Å². The van der Waals surface area contributed by atoms with Gasteiger partial charge in [0.1, 0.15) is 0 Å². The van der Waals surface area contributed by atoms with Crippen molar-refractivity contribution in [3.63, 3.8) is 0 Å². The van der Waals surface area contributed by atoms with Crippen LogP contribution in [0.15, 0.2) is 163 Å². The molecule has 0 aliphatic carbocycles. The largest absolute Gasteiger partial charge is 0.384 e. The smallest absolute Gasteiger partial charge is 0.164 e. The number of aromatic nitrogens is 4. The predicted octanol–water partition coefficient (Wildman–Crippen LogP) is 9.44. The van der Waals surface area contributed by atoms with Crippen molar-refractivity contribution in [1.82, 2.24) is 25.3 Å². The summed E-state index contributed by atoms with van der Waals surface area (Å²) < 4.78 is 0. The van der Waals surface area contributed by atoms with Crippen molar-refractivity contribution in [3.8, 4) is 67.7 Å². The van der Waals surface area contributed by atoms with E-state index in [4.69, 9.17) is 19.9 Å². The van der Waals surface area contributed by atoms with Crippen molar-refractivity contribution >= 4 is 5.71 Å². The van der Waals surface area contributed by atoms with Gasteiger partial charge in [0.05, 0.1) is 18.0 Å². The monoisotopic (exact) mass is 632 g/mol. The molecule has 0 bridgehead atoms. The number of benzene rings is 5. The van der Waals surface area contributed by atoms with Crippen molar-refractivity contribution in [2.75, 3.05) is 6.54 Å². The van der Waals surface area contributed by atoms with Gasteiger partial charge in [0.15, 0.2) is 17.5 Å². The van der Waals surface area contributed by atoms with Crippen LogP contribution in [0.2, 0.25) is 0 Å². The van der Waals surface area contributed by atoms with E-state index in [-0.39, 0.29) is 0 Å². The Labute approximate surface area is 285 Å². The van der Waals surface area contributed by atoms with Crippen LogP contribution in [-0.2, 0) is 0 Å². The van der Waals surface area contributed by atoms with E-state index in [9.17, 15) is 0 Å². The van der Waals surface area contributed by atoms with E-state index in [1.54, 1.807) is 6.20 Å². The molecule has 6 heteroatoms. The number of nitrogens with one attached hydrogen (secondary N) is 1. The molecule has 1 aliphatic rings. The topological polar surface area (TPSA) is 76.0 Å². The van der Waals surface area contributed by atoms with E-state index in [1.165, 1.54) is 0 Å². The number of aryl methyl sites for hydroxylation is 1. The van der Waals surface area contributed by atoms with E-state index in [1.807, 2.05) is 92.0 Å². The maximum absolute atomic E-state index is 5.05. The van der Waals surface area contributed by atoms with E-state index in [2.05, 4.69) is 77.0 Å². The standard InChI is InChI=1S/C43H32N6/c1-29-9-8-14-39(46-29)32-19-15-30(16-20-32)36-25-37(31-17-21-33(22-18-31)40-28-44-23-24-45-40)27-38(26-36)43-48-41(34-10-4-2-5-11-34)47-42(49-43)35-12-6-3-7-13-35/h2-27,44H,28H2,1H3. The summed E-state index contributed by atoms with van der Waals surface area (Å²) in [7, 11) is 0. The van der Waals surface area contributed by atoms with Crippen molar-refractivity contribution in [1.29, 1.82) is 0 Å². The number of hydrogen-bond donors (Lipinski definition) is 1. The van der Waals surface area contributed by atoms with E-state index in [0.717, 1.165) is 67.2 Å². The third-order valence-corrected chi connectivity index (χ3v) is 8.54. The molecule has 3 heterocycles. The SMILES string of the molecule is Cc1cccc(-c2ccc(-c3cc(-c4ccc(C5=NC=CNC5)cc4)cc(-c4nc(-c5ccccc5)nc(-c5ccccc5)n4)c3)cc2)n1. The molecule has 0 saturated carbocycles. The average molecular weight is 633 g/mol. The second-order valence-corrected chi connectivity index (χ2v) is 11.9. The number of hydrogen-bond acceptors (Lipinski definition) is 6. The molecule has 8 rings (SSSR count). The molecule has 0 unspecified atom stereocenters. The van der Waals surface area contributed by atoms with Crippen LogP contribution >= 0.6 is 0 Å². The first-order valence-corrected chi connectivity index (χ1v) is 16.3. The molecule has 234 valence electrons. The van der Waals surface area contributed by atoms with Gasteiger partial charge >= 0.3 is 0 Å². The zero-order chi connectivity index (χ0) is 33.0. The molecule has 7 aromatic rings. The molecule has 0 saturated heterocycles. The Morgan fingerprint density at radius 3 is 1.47 bits per heavy atom. The molecule has 1 N–H and O–H groups in total. The molecule has 0 fully saturated rings. The first-order chi connectivity index (χ1) is 24.2. The molecule has 5 aromatic carbocycles. The van der Waals surface area contributed by atoms with Gasteiger partial charge in [0.2, 0.25) is 0 Å². The maximum Gasteiger partial charge on any atom is 0.164 e. The van der Waals surface area contributed by atoms with Crippen molar-refractivity contribution < 1.29 is 0 Å². The first-order valence-electron chi connectivity index (χ1n) is 16.3. The fraction of sp³-hybridized carbons (Fsp3) is 0.0465. The number of nitrogens with zero attached hydrogens (tertiary/aromatic N) is 5. The number of pyridine rings is 1. The van der Waals surface area contributed by atoms with Gasteiger partial charge in [-0.25, -0.2) is 15.0 Å². The summed E-state index contributed by atoms with van der Waals surface area (Å²) >= 11 is 0. The minimum Gasteiger partial charge on any atom is -0.384 e. The highest BCUT2D eigenvalue weighted by Gasteiger charge is 2.15. The van der Waals surface area contributed by atoms with Crippen LogP contribution in [0.5, 0.6) is 0 Å². The van der Waals surface area contributed by atoms with Gasteiger partial charge in [-0.3, -0.25) is 9.98 Å². The first kappa shape index (κ1) is 29.8. The van der Waals surface area contributed by atoms with Crippen LogP contribution in [0, 0.1) is 6.92 Å². The van der Waals surface area contributed by atoms with Crippen LogP contribution < -0.4 is 5.32 Å². The van der Waals surface area contributed by atoms with E-state index >= 15 is 0 Å². The normalized spacial score (nSPS) is 12.3. The van der Waals surface area contributed by atoms with Gasteiger partial charge in [0, 0.05) is 40.3 Å². The Balaban J connectivity index is 1.27. The van der Waals surface area contributed by atoms with Gasteiger partial charge in [0.25, 0.3) is 0 Å². The summed E-state index contributed by atoms with van der Waals surface area (Å²) in [6, 6.07) is 50.0.